The van der Waals surface area contributed by atoms with Gasteiger partial charge in [0.25, 0.3) is 0 Å². The van der Waals surface area contributed by atoms with Gasteiger partial charge >= 0.3 is 0 Å². The SMILES string of the molecule is CN1CCN(NC(=O)Cc2nnn(-c3ccccc3)c2-c2ccccc2)CC1. The van der Waals surface area contributed by atoms with Gasteiger partial charge in [-0.2, -0.15) is 0 Å². The minimum Gasteiger partial charge on any atom is -0.304 e. The molecule has 4 rings (SSSR count). The molecule has 7 nitrogen and oxygen atoms in total. The van der Waals surface area contributed by atoms with E-state index in [9.17, 15) is 4.79 Å². The van der Waals surface area contributed by atoms with E-state index in [1.807, 2.05) is 65.7 Å². The topological polar surface area (TPSA) is 66.3 Å². The number of benzene rings is 2. The van der Waals surface area contributed by atoms with E-state index in [4.69, 9.17) is 0 Å². The number of para-hydroxylation sites is 1. The summed E-state index contributed by atoms with van der Waals surface area (Å²) in [7, 11) is 2.09. The highest BCUT2D eigenvalue weighted by atomic mass is 16.2. The van der Waals surface area contributed by atoms with E-state index in [-0.39, 0.29) is 12.3 Å². The van der Waals surface area contributed by atoms with Crippen molar-refractivity contribution in [2.45, 2.75) is 6.42 Å². The van der Waals surface area contributed by atoms with Gasteiger partial charge in [-0.15, -0.1) is 5.10 Å². The molecule has 2 heterocycles. The molecule has 1 aliphatic heterocycles. The number of aromatic nitrogens is 3. The molecule has 0 bridgehead atoms. The number of amides is 1. The summed E-state index contributed by atoms with van der Waals surface area (Å²) in [5, 5.41) is 10.7. The minimum absolute atomic E-state index is 0.0677. The van der Waals surface area contributed by atoms with E-state index >= 15 is 0 Å². The maximum atomic E-state index is 12.6. The Balaban J connectivity index is 1.58. The van der Waals surface area contributed by atoms with Crippen LogP contribution in [0.15, 0.2) is 60.7 Å². The average molecular weight is 376 g/mol. The molecule has 0 radical (unpaired) electrons. The number of hydrogen-bond acceptors (Lipinski definition) is 5. The van der Waals surface area contributed by atoms with Gasteiger partial charge in [-0.3, -0.25) is 10.2 Å². The fraction of sp³-hybridized carbons (Fsp3) is 0.286. The van der Waals surface area contributed by atoms with Crippen LogP contribution in [-0.2, 0) is 11.2 Å². The van der Waals surface area contributed by atoms with E-state index in [2.05, 4.69) is 27.7 Å². The first-order chi connectivity index (χ1) is 13.7. The Bertz CT molecular complexity index is 917. The largest absolute Gasteiger partial charge is 0.304 e. The fourth-order valence-electron chi connectivity index (χ4n) is 3.35. The van der Waals surface area contributed by atoms with Crippen molar-refractivity contribution in [1.29, 1.82) is 0 Å². The van der Waals surface area contributed by atoms with Gasteiger partial charge in [-0.25, -0.2) is 9.69 Å². The van der Waals surface area contributed by atoms with Crippen molar-refractivity contribution in [1.82, 2.24) is 30.3 Å². The monoisotopic (exact) mass is 376 g/mol. The lowest BCUT2D eigenvalue weighted by atomic mass is 10.1. The lowest BCUT2D eigenvalue weighted by molar-refractivity contribution is -0.126. The molecule has 0 saturated carbocycles. The Hall–Kier alpha value is -3.03. The summed E-state index contributed by atoms with van der Waals surface area (Å²) in [6, 6.07) is 19.8. The Kier molecular flexibility index (Phi) is 5.45. The van der Waals surface area contributed by atoms with Crippen molar-refractivity contribution in [3.63, 3.8) is 0 Å². The smallest absolute Gasteiger partial charge is 0.240 e. The molecule has 2 aromatic carbocycles. The third kappa shape index (κ3) is 4.11. The number of nitrogens with one attached hydrogen (secondary N) is 1. The molecule has 1 aliphatic rings. The Morgan fingerprint density at radius 1 is 0.964 bits per heavy atom. The Morgan fingerprint density at radius 3 is 2.29 bits per heavy atom. The third-order valence-electron chi connectivity index (χ3n) is 4.90. The van der Waals surface area contributed by atoms with Crippen LogP contribution >= 0.6 is 0 Å². The summed E-state index contributed by atoms with van der Waals surface area (Å²) in [5.74, 6) is -0.0677. The highest BCUT2D eigenvalue weighted by molar-refractivity contribution is 5.80. The van der Waals surface area contributed by atoms with E-state index in [0.717, 1.165) is 43.1 Å². The molecule has 0 unspecified atom stereocenters. The molecular weight excluding hydrogens is 352 g/mol. The number of nitrogens with zero attached hydrogens (tertiary/aromatic N) is 5. The van der Waals surface area contributed by atoms with Gasteiger partial charge in [0.05, 0.1) is 17.8 Å². The zero-order chi connectivity index (χ0) is 19.3. The van der Waals surface area contributed by atoms with Gasteiger partial charge in [0.15, 0.2) is 0 Å². The van der Waals surface area contributed by atoms with Gasteiger partial charge in [0, 0.05) is 31.7 Å². The van der Waals surface area contributed by atoms with Crippen LogP contribution in [0.1, 0.15) is 5.69 Å². The van der Waals surface area contributed by atoms with Crippen LogP contribution in [0.25, 0.3) is 16.9 Å². The molecule has 1 saturated heterocycles. The van der Waals surface area contributed by atoms with Crippen LogP contribution in [0.2, 0.25) is 0 Å². The molecule has 7 heteroatoms. The zero-order valence-electron chi connectivity index (χ0n) is 16.0. The number of hydrogen-bond donors (Lipinski definition) is 1. The number of rotatable bonds is 5. The van der Waals surface area contributed by atoms with Gasteiger partial charge in [-0.1, -0.05) is 53.7 Å². The van der Waals surface area contributed by atoms with Crippen molar-refractivity contribution in [2.75, 3.05) is 33.2 Å². The van der Waals surface area contributed by atoms with Gasteiger partial charge in [0.1, 0.15) is 5.69 Å². The Morgan fingerprint density at radius 2 is 1.61 bits per heavy atom. The van der Waals surface area contributed by atoms with E-state index in [0.29, 0.717) is 5.69 Å². The lowest BCUT2D eigenvalue weighted by Crippen LogP contribution is -2.52. The van der Waals surface area contributed by atoms with Crippen LogP contribution in [0.3, 0.4) is 0 Å². The van der Waals surface area contributed by atoms with Crippen molar-refractivity contribution >= 4 is 5.91 Å². The molecule has 144 valence electrons. The minimum atomic E-state index is -0.0677. The van der Waals surface area contributed by atoms with Crippen molar-refractivity contribution in [2.24, 2.45) is 0 Å². The molecule has 0 aliphatic carbocycles. The van der Waals surface area contributed by atoms with Crippen LogP contribution in [-0.4, -0.2) is 64.0 Å². The molecule has 0 atom stereocenters. The number of carbonyl (C=O) groups is 1. The molecule has 3 aromatic rings. The Labute approximate surface area is 164 Å². The average Bonchev–Trinajstić information content (AvgIpc) is 3.14. The highest BCUT2D eigenvalue weighted by Gasteiger charge is 2.21. The standard InChI is InChI=1S/C21H24N6O/c1-25-12-14-26(15-13-25)23-20(28)16-19-21(17-8-4-2-5-9-17)27(24-22-19)18-10-6-3-7-11-18/h2-11H,12-16H2,1H3,(H,23,28). The molecule has 1 amide bonds. The van der Waals surface area contributed by atoms with E-state index < -0.39 is 0 Å². The lowest BCUT2D eigenvalue weighted by Gasteiger charge is -2.32. The van der Waals surface area contributed by atoms with E-state index in [1.54, 1.807) is 4.68 Å². The molecule has 0 spiro atoms. The number of hydrazine groups is 1. The summed E-state index contributed by atoms with van der Waals surface area (Å²) in [6.45, 7) is 3.54. The maximum absolute atomic E-state index is 12.6. The number of carbonyl (C=O) groups excluding carboxylic acids is 1. The first-order valence-electron chi connectivity index (χ1n) is 9.49. The van der Waals surface area contributed by atoms with Crippen molar-refractivity contribution < 1.29 is 4.79 Å². The predicted molar refractivity (Wildman–Crippen MR) is 108 cm³/mol. The summed E-state index contributed by atoms with van der Waals surface area (Å²) < 4.78 is 1.80. The molecule has 1 aromatic heterocycles. The predicted octanol–water partition coefficient (Wildman–Crippen LogP) is 1.76. The van der Waals surface area contributed by atoms with E-state index in [1.165, 1.54) is 0 Å². The molecular formula is C21H24N6O. The number of piperazine rings is 1. The summed E-state index contributed by atoms with van der Waals surface area (Å²) >= 11 is 0. The second kappa shape index (κ2) is 8.33. The summed E-state index contributed by atoms with van der Waals surface area (Å²) in [5.41, 5.74) is 6.42. The second-order valence-corrected chi connectivity index (χ2v) is 7.00. The summed E-state index contributed by atoms with van der Waals surface area (Å²) in [6.07, 6.45) is 0.184. The van der Waals surface area contributed by atoms with Crippen LogP contribution in [0.4, 0.5) is 0 Å². The summed E-state index contributed by atoms with van der Waals surface area (Å²) in [4.78, 5) is 14.9. The van der Waals surface area contributed by atoms with Crippen LogP contribution < -0.4 is 5.43 Å². The van der Waals surface area contributed by atoms with Crippen molar-refractivity contribution in [3.8, 4) is 16.9 Å². The second-order valence-electron chi connectivity index (χ2n) is 7.00. The number of likely N-dealkylation sites (N-methyl/N-ethyl adjacent to an activating group) is 1. The molecule has 28 heavy (non-hydrogen) atoms. The molecule has 1 fully saturated rings. The van der Waals surface area contributed by atoms with Gasteiger partial charge < -0.3 is 4.90 Å². The van der Waals surface area contributed by atoms with Gasteiger partial charge in [0.2, 0.25) is 5.91 Å². The molecule has 1 N–H and O–H groups in total. The highest BCUT2D eigenvalue weighted by Crippen LogP contribution is 2.25. The zero-order valence-corrected chi connectivity index (χ0v) is 16.0. The fourth-order valence-corrected chi connectivity index (χ4v) is 3.35. The van der Waals surface area contributed by atoms with Crippen LogP contribution in [0.5, 0.6) is 0 Å². The first kappa shape index (κ1) is 18.3. The normalized spacial score (nSPS) is 15.5. The first-order valence-corrected chi connectivity index (χ1v) is 9.49. The van der Waals surface area contributed by atoms with Gasteiger partial charge in [-0.05, 0) is 19.2 Å². The van der Waals surface area contributed by atoms with Crippen LogP contribution in [0, 0.1) is 0 Å². The quantitative estimate of drug-likeness (QED) is 0.735. The van der Waals surface area contributed by atoms with Crippen molar-refractivity contribution in [3.05, 3.63) is 66.4 Å². The maximum Gasteiger partial charge on any atom is 0.240 e. The third-order valence-corrected chi connectivity index (χ3v) is 4.90.